The molecule has 0 spiro atoms. The SMILES string of the molecule is CCc1ccccc1N(CC(=O)N[C@H](C)c1cc(OC)ccc1OC)S(=O)(=O)c1ccc(C)cc1. The standard InChI is InChI=1S/C27H32N2O5S/c1-6-21-9-7-8-10-25(21)29(35(31,32)23-14-11-19(2)12-15-23)18-27(30)28-20(3)24-17-22(33-4)13-16-26(24)34-5/h7-17,20H,6,18H2,1-5H3,(H,28,30)/t20-/m1/s1. The van der Waals surface area contributed by atoms with Crippen LogP contribution in [0.15, 0.2) is 71.6 Å². The highest BCUT2D eigenvalue weighted by molar-refractivity contribution is 7.92. The maximum atomic E-state index is 13.7. The van der Waals surface area contributed by atoms with Crippen LogP contribution in [0.5, 0.6) is 11.5 Å². The fraction of sp³-hybridized carbons (Fsp3) is 0.296. The number of hydrogen-bond acceptors (Lipinski definition) is 5. The highest BCUT2D eigenvalue weighted by atomic mass is 32.2. The Kier molecular flexibility index (Phi) is 8.40. The third-order valence-corrected chi connectivity index (χ3v) is 7.59. The van der Waals surface area contributed by atoms with Crippen molar-refractivity contribution in [2.45, 2.75) is 38.1 Å². The molecule has 0 aromatic heterocycles. The summed E-state index contributed by atoms with van der Waals surface area (Å²) in [7, 11) is -0.878. The number of carbonyl (C=O) groups excluding carboxylic acids is 1. The van der Waals surface area contributed by atoms with E-state index < -0.39 is 22.0 Å². The van der Waals surface area contributed by atoms with Crippen molar-refractivity contribution in [1.82, 2.24) is 5.32 Å². The quantitative estimate of drug-likeness (QED) is 0.442. The van der Waals surface area contributed by atoms with E-state index in [0.717, 1.165) is 16.7 Å². The number of sulfonamides is 1. The van der Waals surface area contributed by atoms with Gasteiger partial charge in [-0.1, -0.05) is 42.8 Å². The van der Waals surface area contributed by atoms with Crippen molar-refractivity contribution in [2.75, 3.05) is 25.1 Å². The predicted molar refractivity (Wildman–Crippen MR) is 138 cm³/mol. The Hall–Kier alpha value is -3.52. The van der Waals surface area contributed by atoms with Gasteiger partial charge >= 0.3 is 0 Å². The molecule has 0 saturated heterocycles. The lowest BCUT2D eigenvalue weighted by Gasteiger charge is -2.27. The number of methoxy groups -OCH3 is 2. The van der Waals surface area contributed by atoms with Gasteiger partial charge in [-0.05, 0) is 62.2 Å². The summed E-state index contributed by atoms with van der Waals surface area (Å²) in [5, 5.41) is 2.91. The first-order valence-corrected chi connectivity index (χ1v) is 12.8. The van der Waals surface area contributed by atoms with Gasteiger partial charge in [0.1, 0.15) is 18.0 Å². The number of para-hydroxylation sites is 1. The lowest BCUT2D eigenvalue weighted by atomic mass is 10.1. The average molecular weight is 497 g/mol. The molecule has 0 bridgehead atoms. The fourth-order valence-corrected chi connectivity index (χ4v) is 5.32. The van der Waals surface area contributed by atoms with Gasteiger partial charge in [-0.25, -0.2) is 8.42 Å². The highest BCUT2D eigenvalue weighted by Crippen LogP contribution is 2.30. The summed E-state index contributed by atoms with van der Waals surface area (Å²) in [4.78, 5) is 13.3. The van der Waals surface area contributed by atoms with Crippen LogP contribution in [0.3, 0.4) is 0 Å². The number of ether oxygens (including phenoxy) is 2. The van der Waals surface area contributed by atoms with E-state index in [0.29, 0.717) is 23.6 Å². The fourth-order valence-electron chi connectivity index (χ4n) is 3.86. The third-order valence-electron chi connectivity index (χ3n) is 5.82. The maximum Gasteiger partial charge on any atom is 0.264 e. The van der Waals surface area contributed by atoms with Crippen LogP contribution in [-0.4, -0.2) is 35.1 Å². The van der Waals surface area contributed by atoms with Gasteiger partial charge in [0.05, 0.1) is 30.8 Å². The molecule has 3 aromatic carbocycles. The van der Waals surface area contributed by atoms with Crippen molar-refractivity contribution in [3.05, 3.63) is 83.4 Å². The van der Waals surface area contributed by atoms with E-state index in [4.69, 9.17) is 9.47 Å². The molecule has 0 aliphatic carbocycles. The Morgan fingerprint density at radius 2 is 1.69 bits per heavy atom. The number of nitrogens with zero attached hydrogens (tertiary/aromatic N) is 1. The summed E-state index contributed by atoms with van der Waals surface area (Å²) in [6.07, 6.45) is 0.620. The van der Waals surface area contributed by atoms with Crippen LogP contribution in [0.4, 0.5) is 5.69 Å². The van der Waals surface area contributed by atoms with Crippen molar-refractivity contribution < 1.29 is 22.7 Å². The van der Waals surface area contributed by atoms with Gasteiger partial charge in [0.25, 0.3) is 10.0 Å². The number of anilines is 1. The van der Waals surface area contributed by atoms with Crippen molar-refractivity contribution in [1.29, 1.82) is 0 Å². The summed E-state index contributed by atoms with van der Waals surface area (Å²) in [6, 6.07) is 18.7. The first-order chi connectivity index (χ1) is 16.7. The maximum absolute atomic E-state index is 13.7. The second-order valence-electron chi connectivity index (χ2n) is 8.20. The number of aryl methyl sites for hydroxylation is 2. The molecule has 7 nitrogen and oxygen atoms in total. The normalized spacial score (nSPS) is 12.0. The molecule has 0 radical (unpaired) electrons. The Morgan fingerprint density at radius 3 is 2.31 bits per heavy atom. The molecule has 35 heavy (non-hydrogen) atoms. The van der Waals surface area contributed by atoms with E-state index in [-0.39, 0.29) is 11.4 Å². The number of amides is 1. The van der Waals surface area contributed by atoms with Crippen LogP contribution in [0.2, 0.25) is 0 Å². The van der Waals surface area contributed by atoms with Crippen LogP contribution in [-0.2, 0) is 21.2 Å². The summed E-state index contributed by atoms with van der Waals surface area (Å²) in [5.41, 5.74) is 2.99. The molecule has 3 aromatic rings. The average Bonchev–Trinajstić information content (AvgIpc) is 2.86. The monoisotopic (exact) mass is 496 g/mol. The van der Waals surface area contributed by atoms with Gasteiger partial charge in [0, 0.05) is 5.56 Å². The highest BCUT2D eigenvalue weighted by Gasteiger charge is 2.29. The second-order valence-corrected chi connectivity index (χ2v) is 10.1. The minimum Gasteiger partial charge on any atom is -0.497 e. The van der Waals surface area contributed by atoms with Gasteiger partial charge in [-0.2, -0.15) is 0 Å². The van der Waals surface area contributed by atoms with Crippen LogP contribution in [0.25, 0.3) is 0 Å². The van der Waals surface area contributed by atoms with Gasteiger partial charge in [-0.15, -0.1) is 0 Å². The Balaban J connectivity index is 1.95. The van der Waals surface area contributed by atoms with E-state index >= 15 is 0 Å². The van der Waals surface area contributed by atoms with Crippen LogP contribution < -0.4 is 19.1 Å². The predicted octanol–water partition coefficient (Wildman–Crippen LogP) is 4.65. The zero-order valence-electron chi connectivity index (χ0n) is 20.7. The van der Waals surface area contributed by atoms with E-state index in [1.807, 2.05) is 32.9 Å². The summed E-state index contributed by atoms with van der Waals surface area (Å²) in [5.74, 6) is 0.783. The minimum absolute atomic E-state index is 0.129. The smallest absolute Gasteiger partial charge is 0.264 e. The third kappa shape index (κ3) is 5.95. The molecule has 3 rings (SSSR count). The molecular formula is C27H32N2O5S. The molecular weight excluding hydrogens is 464 g/mol. The first-order valence-electron chi connectivity index (χ1n) is 11.4. The first kappa shape index (κ1) is 26.1. The molecule has 8 heteroatoms. The number of benzene rings is 3. The molecule has 0 heterocycles. The van der Waals surface area contributed by atoms with Gasteiger partial charge in [0.2, 0.25) is 5.91 Å². The second kappa shape index (κ2) is 11.3. The van der Waals surface area contributed by atoms with Crippen molar-refractivity contribution in [3.63, 3.8) is 0 Å². The minimum atomic E-state index is -3.99. The van der Waals surface area contributed by atoms with E-state index in [2.05, 4.69) is 5.32 Å². The lowest BCUT2D eigenvalue weighted by molar-refractivity contribution is -0.120. The zero-order valence-corrected chi connectivity index (χ0v) is 21.6. The Bertz CT molecular complexity index is 1270. The lowest BCUT2D eigenvalue weighted by Crippen LogP contribution is -2.42. The molecule has 1 N–H and O–H groups in total. The number of carbonyl (C=O) groups is 1. The van der Waals surface area contributed by atoms with Crippen molar-refractivity contribution in [3.8, 4) is 11.5 Å². The molecule has 186 valence electrons. The van der Waals surface area contributed by atoms with Gasteiger partial charge in [0.15, 0.2) is 0 Å². The summed E-state index contributed by atoms with van der Waals surface area (Å²) in [6.45, 7) is 5.28. The summed E-state index contributed by atoms with van der Waals surface area (Å²) < 4.78 is 39.3. The molecule has 1 atom stereocenters. The van der Waals surface area contributed by atoms with Crippen LogP contribution >= 0.6 is 0 Å². The molecule has 0 aliphatic rings. The van der Waals surface area contributed by atoms with Gasteiger partial charge in [-0.3, -0.25) is 9.10 Å². The molecule has 0 unspecified atom stereocenters. The van der Waals surface area contributed by atoms with E-state index in [1.54, 1.807) is 68.8 Å². The van der Waals surface area contributed by atoms with Crippen molar-refractivity contribution >= 4 is 21.6 Å². The topological polar surface area (TPSA) is 84.9 Å². The van der Waals surface area contributed by atoms with E-state index in [9.17, 15) is 13.2 Å². The van der Waals surface area contributed by atoms with Crippen molar-refractivity contribution in [2.24, 2.45) is 0 Å². The number of hydrogen-bond donors (Lipinski definition) is 1. The molecule has 1 amide bonds. The molecule has 0 fully saturated rings. The van der Waals surface area contributed by atoms with Crippen LogP contribution in [0.1, 0.15) is 36.6 Å². The number of rotatable bonds is 10. The largest absolute Gasteiger partial charge is 0.497 e. The van der Waals surface area contributed by atoms with Crippen LogP contribution in [0, 0.1) is 6.92 Å². The summed E-state index contributed by atoms with van der Waals surface area (Å²) >= 11 is 0. The zero-order chi connectivity index (χ0) is 25.6. The molecule has 0 saturated carbocycles. The Morgan fingerprint density at radius 1 is 1.00 bits per heavy atom. The van der Waals surface area contributed by atoms with E-state index in [1.165, 1.54) is 4.31 Å². The van der Waals surface area contributed by atoms with Gasteiger partial charge < -0.3 is 14.8 Å². The Labute approximate surface area is 207 Å². The molecule has 0 aliphatic heterocycles. The number of nitrogens with one attached hydrogen (secondary N) is 1.